The van der Waals surface area contributed by atoms with Crippen LogP contribution in [0.15, 0.2) is 12.1 Å². The minimum absolute atomic E-state index is 0.269. The molecule has 3 N–H and O–H groups in total. The Hall–Kier alpha value is -2.19. The highest BCUT2D eigenvalue weighted by atomic mass is 16.5. The van der Waals surface area contributed by atoms with Crippen molar-refractivity contribution < 1.29 is 19.4 Å². The molecule has 8 nitrogen and oxygen atoms in total. The lowest BCUT2D eigenvalue weighted by molar-refractivity contribution is -0.141. The highest BCUT2D eigenvalue weighted by molar-refractivity contribution is 5.82. The monoisotopic (exact) mass is 432 g/mol. The molecule has 2 aliphatic rings. The average Bonchev–Trinajstić information content (AvgIpc) is 3.52. The zero-order chi connectivity index (χ0) is 22.3. The number of pyridine rings is 1. The normalized spacial score (nSPS) is 17.5. The second-order valence-electron chi connectivity index (χ2n) is 8.99. The Labute approximate surface area is 184 Å². The molecule has 1 aromatic heterocycles. The van der Waals surface area contributed by atoms with E-state index in [1.807, 2.05) is 0 Å². The molecule has 31 heavy (non-hydrogen) atoms. The molecule has 0 bridgehead atoms. The number of anilines is 1. The number of carboxylic acids is 1. The molecular weight excluding hydrogens is 396 g/mol. The fourth-order valence-electron chi connectivity index (χ4n) is 4.34. The summed E-state index contributed by atoms with van der Waals surface area (Å²) in [4.78, 5) is 29.9. The zero-order valence-corrected chi connectivity index (χ0v) is 18.8. The lowest BCUT2D eigenvalue weighted by Gasteiger charge is -2.28. The molecule has 1 amide bonds. The van der Waals surface area contributed by atoms with Crippen LogP contribution in [0.25, 0.3) is 0 Å². The molecule has 1 aromatic rings. The maximum atomic E-state index is 11.5. The molecule has 0 aromatic carbocycles. The van der Waals surface area contributed by atoms with Gasteiger partial charge < -0.3 is 25.4 Å². The average molecular weight is 433 g/mol. The quantitative estimate of drug-likeness (QED) is 0.438. The van der Waals surface area contributed by atoms with Gasteiger partial charge in [0, 0.05) is 45.9 Å². The van der Waals surface area contributed by atoms with Gasteiger partial charge >= 0.3 is 5.97 Å². The Balaban J connectivity index is 1.54. The van der Waals surface area contributed by atoms with Gasteiger partial charge in [-0.2, -0.15) is 0 Å². The van der Waals surface area contributed by atoms with Crippen molar-refractivity contribution in [1.82, 2.24) is 15.2 Å². The van der Waals surface area contributed by atoms with E-state index in [-0.39, 0.29) is 11.3 Å². The molecule has 1 unspecified atom stereocenters. The van der Waals surface area contributed by atoms with E-state index in [9.17, 15) is 14.7 Å². The fourth-order valence-corrected chi connectivity index (χ4v) is 4.34. The number of aryl methyl sites for hydroxylation is 2. The number of amides is 1. The van der Waals surface area contributed by atoms with E-state index in [1.54, 1.807) is 7.11 Å². The van der Waals surface area contributed by atoms with Gasteiger partial charge in [-0.05, 0) is 62.0 Å². The Kier molecular flexibility index (Phi) is 8.26. The van der Waals surface area contributed by atoms with E-state index in [0.717, 1.165) is 50.4 Å². The highest BCUT2D eigenvalue weighted by Gasteiger charge is 2.43. The molecular formula is C23H36N4O4. The smallest absolute Gasteiger partial charge is 0.326 e. The molecule has 1 saturated carbocycles. The number of fused-ring (bicyclic) bond motifs is 1. The van der Waals surface area contributed by atoms with E-state index in [0.29, 0.717) is 19.6 Å². The Morgan fingerprint density at radius 1 is 1.35 bits per heavy atom. The summed E-state index contributed by atoms with van der Waals surface area (Å²) in [5.41, 5.74) is 2.72. The van der Waals surface area contributed by atoms with Crippen molar-refractivity contribution in [2.45, 2.75) is 57.9 Å². The van der Waals surface area contributed by atoms with Crippen molar-refractivity contribution in [3.8, 4) is 0 Å². The molecule has 1 fully saturated rings. The largest absolute Gasteiger partial charge is 0.480 e. The third kappa shape index (κ3) is 7.18. The summed E-state index contributed by atoms with van der Waals surface area (Å²) < 4.78 is 5.26. The van der Waals surface area contributed by atoms with Gasteiger partial charge in [0.25, 0.3) is 0 Å². The number of methoxy groups -OCH3 is 1. The fraction of sp³-hybridized carbons (Fsp3) is 0.696. The van der Waals surface area contributed by atoms with Crippen LogP contribution in [0.1, 0.15) is 50.3 Å². The number of carboxylic acid groups (broad SMARTS) is 1. The van der Waals surface area contributed by atoms with Gasteiger partial charge in [0.2, 0.25) is 5.91 Å². The number of nitrogens with one attached hydrogen (secondary N) is 2. The number of carbonyl (C=O) groups excluding carboxylic acids is 1. The van der Waals surface area contributed by atoms with Crippen molar-refractivity contribution in [2.24, 2.45) is 5.41 Å². The van der Waals surface area contributed by atoms with Gasteiger partial charge in [0.05, 0.1) is 6.61 Å². The zero-order valence-electron chi connectivity index (χ0n) is 18.8. The predicted molar refractivity (Wildman–Crippen MR) is 119 cm³/mol. The highest BCUT2D eigenvalue weighted by Crippen LogP contribution is 2.50. The first kappa shape index (κ1) is 23.5. The summed E-state index contributed by atoms with van der Waals surface area (Å²) in [6.45, 7) is 5.24. The van der Waals surface area contributed by atoms with E-state index < -0.39 is 12.0 Å². The van der Waals surface area contributed by atoms with Crippen LogP contribution in [-0.4, -0.2) is 72.8 Å². The van der Waals surface area contributed by atoms with Crippen molar-refractivity contribution in [2.75, 3.05) is 45.2 Å². The topological polar surface area (TPSA) is 104 Å². The first-order chi connectivity index (χ1) is 14.9. The van der Waals surface area contributed by atoms with Gasteiger partial charge in [-0.15, -0.1) is 0 Å². The van der Waals surface area contributed by atoms with Crippen LogP contribution >= 0.6 is 0 Å². The summed E-state index contributed by atoms with van der Waals surface area (Å²) in [5.74, 6) is -0.260. The number of aromatic nitrogens is 1. The molecule has 8 heteroatoms. The SMILES string of the molecule is COCCN(CCC(NC(C)=O)C(=O)O)CC1(CCc2ccc3c(n2)NCCC3)CC1. The third-order valence-electron chi connectivity index (χ3n) is 6.40. The van der Waals surface area contributed by atoms with Crippen LogP contribution in [0.2, 0.25) is 0 Å². The number of rotatable bonds is 13. The van der Waals surface area contributed by atoms with Gasteiger partial charge in [-0.1, -0.05) is 6.07 Å². The molecule has 0 radical (unpaired) electrons. The summed E-state index contributed by atoms with van der Waals surface area (Å²) in [5, 5.41) is 15.3. The van der Waals surface area contributed by atoms with Crippen LogP contribution < -0.4 is 10.6 Å². The van der Waals surface area contributed by atoms with E-state index >= 15 is 0 Å². The molecule has 1 aliphatic carbocycles. The number of carbonyl (C=O) groups is 2. The lowest BCUT2D eigenvalue weighted by atomic mass is 9.97. The van der Waals surface area contributed by atoms with Crippen molar-refractivity contribution in [3.05, 3.63) is 23.4 Å². The van der Waals surface area contributed by atoms with Gasteiger partial charge in [0.15, 0.2) is 0 Å². The maximum absolute atomic E-state index is 11.5. The van der Waals surface area contributed by atoms with Crippen molar-refractivity contribution in [1.29, 1.82) is 0 Å². The predicted octanol–water partition coefficient (Wildman–Crippen LogP) is 2.08. The number of ether oxygens (including phenoxy) is 1. The Morgan fingerprint density at radius 3 is 2.84 bits per heavy atom. The molecule has 0 spiro atoms. The molecule has 1 atom stereocenters. The standard InChI is InChI=1S/C23H36N4O4/c1-17(28)25-20(22(29)30)8-13-27(14-15-31-2)16-23(10-11-23)9-7-19-6-5-18-4-3-12-24-21(18)26-19/h5-6,20H,3-4,7-16H2,1-2H3,(H,24,26)(H,25,28)(H,29,30). The summed E-state index contributed by atoms with van der Waals surface area (Å²) >= 11 is 0. The molecule has 172 valence electrons. The van der Waals surface area contributed by atoms with Gasteiger partial charge in [-0.25, -0.2) is 9.78 Å². The maximum Gasteiger partial charge on any atom is 0.326 e. The van der Waals surface area contributed by atoms with Crippen LogP contribution in [-0.2, 0) is 27.2 Å². The number of aliphatic carboxylic acids is 1. The second-order valence-corrected chi connectivity index (χ2v) is 8.99. The van der Waals surface area contributed by atoms with E-state index in [1.165, 1.54) is 31.7 Å². The van der Waals surface area contributed by atoms with Crippen molar-refractivity contribution >= 4 is 17.7 Å². The molecule has 3 rings (SSSR count). The summed E-state index contributed by atoms with van der Waals surface area (Å²) in [6.07, 6.45) is 7.06. The second kappa shape index (κ2) is 10.9. The minimum Gasteiger partial charge on any atom is -0.480 e. The number of hydrogen-bond donors (Lipinski definition) is 3. The number of hydrogen-bond acceptors (Lipinski definition) is 6. The van der Waals surface area contributed by atoms with Crippen LogP contribution in [0.4, 0.5) is 5.82 Å². The Bertz CT molecular complexity index is 766. The van der Waals surface area contributed by atoms with Crippen LogP contribution in [0, 0.1) is 5.41 Å². The summed E-state index contributed by atoms with van der Waals surface area (Å²) in [7, 11) is 1.68. The Morgan fingerprint density at radius 2 is 2.16 bits per heavy atom. The van der Waals surface area contributed by atoms with Crippen LogP contribution in [0.3, 0.4) is 0 Å². The minimum atomic E-state index is -0.991. The number of nitrogens with zero attached hydrogens (tertiary/aromatic N) is 2. The first-order valence-electron chi connectivity index (χ1n) is 11.3. The third-order valence-corrected chi connectivity index (χ3v) is 6.40. The molecule has 0 saturated heterocycles. The molecule has 2 heterocycles. The lowest BCUT2D eigenvalue weighted by Crippen LogP contribution is -2.43. The van der Waals surface area contributed by atoms with Crippen LogP contribution in [0.5, 0.6) is 0 Å². The molecule has 1 aliphatic heterocycles. The van der Waals surface area contributed by atoms with Crippen molar-refractivity contribution in [3.63, 3.8) is 0 Å². The van der Waals surface area contributed by atoms with E-state index in [4.69, 9.17) is 9.72 Å². The van der Waals surface area contributed by atoms with Gasteiger partial charge in [-0.3, -0.25) is 4.79 Å². The van der Waals surface area contributed by atoms with Gasteiger partial charge in [0.1, 0.15) is 11.9 Å². The van der Waals surface area contributed by atoms with E-state index in [2.05, 4.69) is 27.7 Å². The summed E-state index contributed by atoms with van der Waals surface area (Å²) in [6, 6.07) is 3.52. The first-order valence-corrected chi connectivity index (χ1v) is 11.3.